The van der Waals surface area contributed by atoms with Gasteiger partial charge in [-0.2, -0.15) is 0 Å². The molecule has 0 aliphatic heterocycles. The summed E-state index contributed by atoms with van der Waals surface area (Å²) in [5.41, 5.74) is 5.11. The second-order valence-electron chi connectivity index (χ2n) is 9.03. The Hall–Kier alpha value is -4.13. The van der Waals surface area contributed by atoms with Gasteiger partial charge in [-0.1, -0.05) is 78.9 Å². The number of carbonyl (C=O) groups is 3. The van der Waals surface area contributed by atoms with Crippen molar-refractivity contribution < 1.29 is 24.2 Å². The lowest BCUT2D eigenvalue weighted by Gasteiger charge is -2.34. The molecule has 0 saturated heterocycles. The summed E-state index contributed by atoms with van der Waals surface area (Å²) in [5, 5.41) is 14.6. The highest BCUT2D eigenvalue weighted by molar-refractivity contribution is 5.87. The van der Waals surface area contributed by atoms with Crippen LogP contribution in [-0.2, 0) is 14.3 Å². The second kappa shape index (κ2) is 9.62. The molecular formula is C28H26N2O5. The van der Waals surface area contributed by atoms with Crippen molar-refractivity contribution >= 4 is 18.0 Å². The number of ether oxygens (including phenoxy) is 1. The molecule has 3 aromatic carbocycles. The molecule has 0 aromatic heterocycles. The zero-order valence-electron chi connectivity index (χ0n) is 19.0. The molecule has 0 radical (unpaired) electrons. The minimum absolute atomic E-state index is 0.0833. The number of carbonyl (C=O) groups excluding carboxylic acids is 2. The summed E-state index contributed by atoms with van der Waals surface area (Å²) < 4.78 is 5.63. The minimum Gasteiger partial charge on any atom is -0.481 e. The Labute approximate surface area is 203 Å². The summed E-state index contributed by atoms with van der Waals surface area (Å²) in [6.07, 6.45) is 0.0778. The Morgan fingerprint density at radius 1 is 0.857 bits per heavy atom. The maximum absolute atomic E-state index is 13.0. The third-order valence-corrected chi connectivity index (χ3v) is 6.83. The van der Waals surface area contributed by atoms with Crippen molar-refractivity contribution in [1.82, 2.24) is 10.6 Å². The van der Waals surface area contributed by atoms with Gasteiger partial charge in [-0.3, -0.25) is 9.59 Å². The highest BCUT2D eigenvalue weighted by Gasteiger charge is 2.37. The molecule has 35 heavy (non-hydrogen) atoms. The molecule has 0 bridgehead atoms. The SMILES string of the molecule is O=C(NC(C(=O)NC1CC(C(=O)O)C1)c1ccccc1)OCC1c2ccccc2-c2ccccc21. The average Bonchev–Trinajstić information content (AvgIpc) is 3.17. The maximum Gasteiger partial charge on any atom is 0.408 e. The van der Waals surface area contributed by atoms with E-state index in [0.29, 0.717) is 18.4 Å². The van der Waals surface area contributed by atoms with E-state index in [9.17, 15) is 14.4 Å². The minimum atomic E-state index is -0.948. The van der Waals surface area contributed by atoms with Crippen LogP contribution >= 0.6 is 0 Å². The first-order chi connectivity index (χ1) is 17.0. The van der Waals surface area contributed by atoms with Gasteiger partial charge in [0, 0.05) is 12.0 Å². The molecule has 2 aliphatic rings. The van der Waals surface area contributed by atoms with Crippen molar-refractivity contribution in [3.63, 3.8) is 0 Å². The fourth-order valence-corrected chi connectivity index (χ4v) is 4.93. The lowest BCUT2D eigenvalue weighted by molar-refractivity contribution is -0.146. The molecule has 1 unspecified atom stereocenters. The van der Waals surface area contributed by atoms with Crippen molar-refractivity contribution in [3.8, 4) is 11.1 Å². The lowest BCUT2D eigenvalue weighted by Crippen LogP contribution is -2.50. The number of hydrogen-bond acceptors (Lipinski definition) is 4. The van der Waals surface area contributed by atoms with Gasteiger partial charge in [0.2, 0.25) is 5.91 Å². The summed E-state index contributed by atoms with van der Waals surface area (Å²) in [6.45, 7) is 0.145. The van der Waals surface area contributed by atoms with Crippen molar-refractivity contribution in [1.29, 1.82) is 0 Å². The van der Waals surface area contributed by atoms with Crippen LogP contribution < -0.4 is 10.6 Å². The topological polar surface area (TPSA) is 105 Å². The summed E-state index contributed by atoms with van der Waals surface area (Å²) >= 11 is 0. The molecule has 0 spiro atoms. The van der Waals surface area contributed by atoms with Crippen molar-refractivity contribution in [2.75, 3.05) is 6.61 Å². The quantitative estimate of drug-likeness (QED) is 0.479. The largest absolute Gasteiger partial charge is 0.481 e. The summed E-state index contributed by atoms with van der Waals surface area (Å²) in [4.78, 5) is 36.9. The van der Waals surface area contributed by atoms with E-state index in [2.05, 4.69) is 22.8 Å². The first kappa shape index (κ1) is 22.7. The molecule has 2 aliphatic carbocycles. The van der Waals surface area contributed by atoms with Crippen molar-refractivity contribution in [2.24, 2.45) is 5.92 Å². The molecule has 178 valence electrons. The number of benzene rings is 3. The highest BCUT2D eigenvalue weighted by Crippen LogP contribution is 2.44. The monoisotopic (exact) mass is 470 g/mol. The molecule has 0 heterocycles. The van der Waals surface area contributed by atoms with Gasteiger partial charge in [0.1, 0.15) is 12.6 Å². The van der Waals surface area contributed by atoms with E-state index >= 15 is 0 Å². The third kappa shape index (κ3) is 4.62. The van der Waals surface area contributed by atoms with Crippen LogP contribution in [0.15, 0.2) is 78.9 Å². The number of nitrogens with one attached hydrogen (secondary N) is 2. The number of carboxylic acids is 1. The van der Waals surface area contributed by atoms with Gasteiger partial charge < -0.3 is 20.5 Å². The molecule has 1 atom stereocenters. The van der Waals surface area contributed by atoms with E-state index in [1.54, 1.807) is 24.3 Å². The standard InChI is InChI=1S/C28H26N2O5/c31-26(29-19-14-18(15-19)27(32)33)25(17-8-2-1-3-9-17)30-28(34)35-16-24-22-12-6-4-10-20(22)21-11-5-7-13-23(21)24/h1-13,18-19,24-25H,14-16H2,(H,29,31)(H,30,34)(H,32,33). The maximum atomic E-state index is 13.0. The number of amides is 2. The van der Waals surface area contributed by atoms with Gasteiger partial charge in [-0.25, -0.2) is 4.79 Å². The lowest BCUT2D eigenvalue weighted by atomic mass is 9.80. The van der Waals surface area contributed by atoms with Crippen LogP contribution in [0.4, 0.5) is 4.79 Å². The van der Waals surface area contributed by atoms with Gasteiger partial charge in [0.05, 0.1) is 5.92 Å². The summed E-state index contributed by atoms with van der Waals surface area (Å²) in [7, 11) is 0. The molecule has 5 rings (SSSR count). The zero-order valence-corrected chi connectivity index (χ0v) is 19.0. The zero-order chi connectivity index (χ0) is 24.4. The summed E-state index contributed by atoms with van der Waals surface area (Å²) in [5.74, 6) is -1.77. The van der Waals surface area contributed by atoms with Gasteiger partial charge in [0.15, 0.2) is 0 Å². The van der Waals surface area contributed by atoms with Crippen LogP contribution in [0.2, 0.25) is 0 Å². The first-order valence-electron chi connectivity index (χ1n) is 11.7. The summed E-state index contributed by atoms with van der Waals surface area (Å²) in [6, 6.07) is 23.9. The fraction of sp³-hybridized carbons (Fsp3) is 0.250. The van der Waals surface area contributed by atoms with Crippen molar-refractivity contribution in [2.45, 2.75) is 30.8 Å². The number of carboxylic acid groups (broad SMARTS) is 1. The average molecular weight is 471 g/mol. The van der Waals surface area contributed by atoms with Crippen LogP contribution in [-0.4, -0.2) is 35.7 Å². The van der Waals surface area contributed by atoms with Crippen LogP contribution in [0.25, 0.3) is 11.1 Å². The molecule has 7 heteroatoms. The smallest absolute Gasteiger partial charge is 0.408 e. The molecule has 3 aromatic rings. The van der Waals surface area contributed by atoms with E-state index in [-0.39, 0.29) is 18.6 Å². The number of hydrogen-bond donors (Lipinski definition) is 3. The van der Waals surface area contributed by atoms with Crippen molar-refractivity contribution in [3.05, 3.63) is 95.6 Å². The third-order valence-electron chi connectivity index (χ3n) is 6.83. The van der Waals surface area contributed by atoms with Crippen LogP contribution in [0.5, 0.6) is 0 Å². The Morgan fingerprint density at radius 2 is 1.43 bits per heavy atom. The van der Waals surface area contributed by atoms with E-state index in [4.69, 9.17) is 9.84 Å². The Kier molecular flexibility index (Phi) is 6.23. The molecule has 2 amide bonds. The molecular weight excluding hydrogens is 444 g/mol. The Balaban J connectivity index is 1.26. The van der Waals surface area contributed by atoms with Gasteiger partial charge in [-0.15, -0.1) is 0 Å². The normalized spacial score (nSPS) is 19.0. The van der Waals surface area contributed by atoms with E-state index in [1.807, 2.05) is 42.5 Å². The van der Waals surface area contributed by atoms with Gasteiger partial charge in [-0.05, 0) is 40.7 Å². The first-order valence-corrected chi connectivity index (χ1v) is 11.7. The van der Waals surface area contributed by atoms with E-state index in [1.165, 1.54) is 0 Å². The molecule has 7 nitrogen and oxygen atoms in total. The van der Waals surface area contributed by atoms with Gasteiger partial charge >= 0.3 is 12.1 Å². The van der Waals surface area contributed by atoms with Crippen LogP contribution in [0, 0.1) is 5.92 Å². The number of rotatable bonds is 7. The second-order valence-corrected chi connectivity index (χ2v) is 9.03. The Morgan fingerprint density at radius 3 is 2.03 bits per heavy atom. The van der Waals surface area contributed by atoms with E-state index in [0.717, 1.165) is 22.3 Å². The van der Waals surface area contributed by atoms with Gasteiger partial charge in [0.25, 0.3) is 0 Å². The van der Waals surface area contributed by atoms with Crippen LogP contribution in [0.3, 0.4) is 0 Å². The molecule has 1 saturated carbocycles. The van der Waals surface area contributed by atoms with E-state index < -0.39 is 29.9 Å². The number of fused-ring (bicyclic) bond motifs is 3. The molecule has 3 N–H and O–H groups in total. The highest BCUT2D eigenvalue weighted by atomic mass is 16.5. The predicted molar refractivity (Wildman–Crippen MR) is 130 cm³/mol. The fourth-order valence-electron chi connectivity index (χ4n) is 4.93. The van der Waals surface area contributed by atoms with Crippen LogP contribution in [0.1, 0.15) is 41.5 Å². The molecule has 1 fully saturated rings. The number of alkyl carbamates (subject to hydrolysis) is 1. The number of aliphatic carboxylic acids is 1. The Bertz CT molecular complexity index is 1210. The predicted octanol–water partition coefficient (Wildman–Crippen LogP) is 4.25.